The van der Waals surface area contributed by atoms with Crippen LogP contribution in [0.15, 0.2) is 36.4 Å². The third-order valence-corrected chi connectivity index (χ3v) is 4.29. The summed E-state index contributed by atoms with van der Waals surface area (Å²) in [6, 6.07) is 10.7. The van der Waals surface area contributed by atoms with Crippen LogP contribution in [0.1, 0.15) is 21.7 Å². The Morgan fingerprint density at radius 3 is 2.64 bits per heavy atom. The fourth-order valence-corrected chi connectivity index (χ4v) is 2.74. The maximum absolute atomic E-state index is 11.4. The smallest absolute Gasteiger partial charge is 0.248 e. The van der Waals surface area contributed by atoms with Gasteiger partial charge in [-0.1, -0.05) is 29.3 Å². The summed E-state index contributed by atoms with van der Waals surface area (Å²) in [6.07, 6.45) is 0. The molecule has 0 saturated carbocycles. The molecule has 1 aromatic heterocycles. The van der Waals surface area contributed by atoms with Crippen LogP contribution in [0.5, 0.6) is 0 Å². The molecule has 22 heavy (non-hydrogen) atoms. The number of nitrogens with zero attached hydrogens (tertiary/aromatic N) is 2. The Hall–Kier alpha value is -2.04. The van der Waals surface area contributed by atoms with E-state index >= 15 is 0 Å². The topological polar surface area (TPSA) is 60.9 Å². The van der Waals surface area contributed by atoms with Crippen molar-refractivity contribution < 1.29 is 4.79 Å². The van der Waals surface area contributed by atoms with Gasteiger partial charge in [0.25, 0.3) is 0 Å². The standard InChI is InChI=1S/C16H13Cl2N3O/c1-9-20-14-5-3-11(16(19)22)7-15(14)21(9)8-10-2-4-12(17)13(18)6-10/h2-7H,8H2,1H3,(H2,19,22). The number of aryl methyl sites for hydroxylation is 1. The number of halogens is 2. The summed E-state index contributed by atoms with van der Waals surface area (Å²) >= 11 is 12.0. The van der Waals surface area contributed by atoms with Gasteiger partial charge in [0.1, 0.15) is 5.82 Å². The number of amides is 1. The van der Waals surface area contributed by atoms with Gasteiger partial charge in [0.2, 0.25) is 5.91 Å². The van der Waals surface area contributed by atoms with Crippen LogP contribution >= 0.6 is 23.2 Å². The maximum Gasteiger partial charge on any atom is 0.248 e. The van der Waals surface area contributed by atoms with Gasteiger partial charge in [0.15, 0.2) is 0 Å². The van der Waals surface area contributed by atoms with Gasteiger partial charge in [-0.15, -0.1) is 0 Å². The van der Waals surface area contributed by atoms with Crippen molar-refractivity contribution in [1.29, 1.82) is 0 Å². The van der Waals surface area contributed by atoms with E-state index in [4.69, 9.17) is 28.9 Å². The van der Waals surface area contributed by atoms with E-state index in [-0.39, 0.29) is 0 Å². The number of hydrogen-bond acceptors (Lipinski definition) is 2. The lowest BCUT2D eigenvalue weighted by molar-refractivity contribution is 0.100. The van der Waals surface area contributed by atoms with Crippen molar-refractivity contribution in [3.05, 3.63) is 63.4 Å². The molecule has 112 valence electrons. The maximum atomic E-state index is 11.4. The Bertz CT molecular complexity index is 886. The van der Waals surface area contributed by atoms with Crippen molar-refractivity contribution in [2.24, 2.45) is 5.73 Å². The predicted octanol–water partition coefficient (Wildman–Crippen LogP) is 3.80. The highest BCUT2D eigenvalue weighted by Crippen LogP contribution is 2.25. The van der Waals surface area contributed by atoms with Gasteiger partial charge >= 0.3 is 0 Å². The van der Waals surface area contributed by atoms with Crippen molar-refractivity contribution >= 4 is 40.1 Å². The van der Waals surface area contributed by atoms with E-state index in [1.165, 1.54) is 0 Å². The van der Waals surface area contributed by atoms with E-state index in [9.17, 15) is 4.79 Å². The van der Waals surface area contributed by atoms with Crippen LogP contribution in [-0.2, 0) is 6.54 Å². The van der Waals surface area contributed by atoms with Crippen LogP contribution in [0.3, 0.4) is 0 Å². The van der Waals surface area contributed by atoms with E-state index in [0.717, 1.165) is 22.4 Å². The molecule has 0 bridgehead atoms. The first-order chi connectivity index (χ1) is 10.5. The first-order valence-electron chi connectivity index (χ1n) is 6.66. The summed E-state index contributed by atoms with van der Waals surface area (Å²) < 4.78 is 2.02. The highest BCUT2D eigenvalue weighted by molar-refractivity contribution is 6.42. The third-order valence-electron chi connectivity index (χ3n) is 3.55. The molecule has 1 heterocycles. The molecule has 0 fully saturated rings. The number of fused-ring (bicyclic) bond motifs is 1. The Balaban J connectivity index is 2.08. The number of carbonyl (C=O) groups is 1. The van der Waals surface area contributed by atoms with Crippen molar-refractivity contribution in [1.82, 2.24) is 9.55 Å². The Labute approximate surface area is 137 Å². The zero-order chi connectivity index (χ0) is 15.9. The van der Waals surface area contributed by atoms with Gasteiger partial charge in [0, 0.05) is 12.1 Å². The molecule has 3 rings (SSSR count). The molecular formula is C16H13Cl2N3O. The average Bonchev–Trinajstić information content (AvgIpc) is 2.78. The molecule has 1 amide bonds. The van der Waals surface area contributed by atoms with Crippen molar-refractivity contribution in [2.45, 2.75) is 13.5 Å². The number of benzene rings is 2. The van der Waals surface area contributed by atoms with Crippen LogP contribution < -0.4 is 5.73 Å². The largest absolute Gasteiger partial charge is 0.366 e. The molecule has 2 aromatic carbocycles. The van der Waals surface area contributed by atoms with Crippen molar-refractivity contribution in [3.63, 3.8) is 0 Å². The summed E-state index contributed by atoms with van der Waals surface area (Å²) in [4.78, 5) is 15.9. The zero-order valence-corrected chi connectivity index (χ0v) is 13.3. The molecule has 2 N–H and O–H groups in total. The molecule has 4 nitrogen and oxygen atoms in total. The number of rotatable bonds is 3. The summed E-state index contributed by atoms with van der Waals surface area (Å²) in [5.74, 6) is 0.393. The van der Waals surface area contributed by atoms with E-state index in [0.29, 0.717) is 22.2 Å². The second kappa shape index (κ2) is 5.63. The average molecular weight is 334 g/mol. The lowest BCUT2D eigenvalue weighted by atomic mass is 10.2. The molecule has 0 unspecified atom stereocenters. The summed E-state index contributed by atoms with van der Waals surface area (Å²) in [6.45, 7) is 2.50. The van der Waals surface area contributed by atoms with Gasteiger partial charge in [-0.3, -0.25) is 4.79 Å². The van der Waals surface area contributed by atoms with E-state index < -0.39 is 5.91 Å². The number of nitrogens with two attached hydrogens (primary N) is 1. The Morgan fingerprint density at radius 1 is 1.18 bits per heavy atom. The van der Waals surface area contributed by atoms with E-state index in [1.807, 2.05) is 23.6 Å². The van der Waals surface area contributed by atoms with E-state index in [2.05, 4.69) is 4.98 Å². The first kappa shape index (κ1) is 14.9. The molecule has 0 atom stereocenters. The zero-order valence-electron chi connectivity index (χ0n) is 11.8. The molecular weight excluding hydrogens is 321 g/mol. The van der Waals surface area contributed by atoms with Crippen molar-refractivity contribution in [3.8, 4) is 0 Å². The highest BCUT2D eigenvalue weighted by Gasteiger charge is 2.11. The van der Waals surface area contributed by atoms with Crippen LogP contribution in [-0.4, -0.2) is 15.5 Å². The lowest BCUT2D eigenvalue weighted by Crippen LogP contribution is -2.11. The summed E-state index contributed by atoms with van der Waals surface area (Å²) in [5.41, 5.74) is 8.49. The van der Waals surface area contributed by atoms with Gasteiger partial charge in [-0.25, -0.2) is 4.98 Å². The second-order valence-electron chi connectivity index (χ2n) is 5.06. The molecule has 0 spiro atoms. The predicted molar refractivity (Wildman–Crippen MR) is 88.6 cm³/mol. The minimum atomic E-state index is -0.457. The fraction of sp³-hybridized carbons (Fsp3) is 0.125. The van der Waals surface area contributed by atoms with Gasteiger partial charge < -0.3 is 10.3 Å². The highest BCUT2D eigenvalue weighted by atomic mass is 35.5. The second-order valence-corrected chi connectivity index (χ2v) is 5.88. The fourth-order valence-electron chi connectivity index (χ4n) is 2.42. The number of hydrogen-bond donors (Lipinski definition) is 1. The Morgan fingerprint density at radius 2 is 1.95 bits per heavy atom. The molecule has 0 radical (unpaired) electrons. The summed E-state index contributed by atoms with van der Waals surface area (Å²) in [5, 5.41) is 1.03. The van der Waals surface area contributed by atoms with Gasteiger partial charge in [-0.05, 0) is 42.8 Å². The molecule has 0 aliphatic rings. The Kier molecular flexibility index (Phi) is 3.81. The number of carbonyl (C=O) groups excluding carboxylic acids is 1. The van der Waals surface area contributed by atoms with Crippen molar-refractivity contribution in [2.75, 3.05) is 0 Å². The van der Waals surface area contributed by atoms with E-state index in [1.54, 1.807) is 24.3 Å². The van der Waals surface area contributed by atoms with Crippen LogP contribution in [0.25, 0.3) is 11.0 Å². The first-order valence-corrected chi connectivity index (χ1v) is 7.42. The number of aromatic nitrogens is 2. The minimum absolute atomic E-state index is 0.457. The summed E-state index contributed by atoms with van der Waals surface area (Å²) in [7, 11) is 0. The van der Waals surface area contributed by atoms with Crippen LogP contribution in [0.2, 0.25) is 10.0 Å². The SMILES string of the molecule is Cc1nc2ccc(C(N)=O)cc2n1Cc1ccc(Cl)c(Cl)c1. The quantitative estimate of drug-likeness (QED) is 0.792. The van der Waals surface area contributed by atoms with Gasteiger partial charge in [0.05, 0.1) is 21.1 Å². The molecule has 0 saturated heterocycles. The number of primary amides is 1. The monoisotopic (exact) mass is 333 g/mol. The van der Waals surface area contributed by atoms with Gasteiger partial charge in [-0.2, -0.15) is 0 Å². The van der Waals surface area contributed by atoms with Crippen LogP contribution in [0, 0.1) is 6.92 Å². The number of imidazole rings is 1. The lowest BCUT2D eigenvalue weighted by Gasteiger charge is -2.08. The molecule has 3 aromatic rings. The molecule has 0 aliphatic carbocycles. The van der Waals surface area contributed by atoms with Crippen LogP contribution in [0.4, 0.5) is 0 Å². The minimum Gasteiger partial charge on any atom is -0.366 e. The molecule has 0 aliphatic heterocycles. The third kappa shape index (κ3) is 2.67. The molecule has 6 heteroatoms. The normalized spacial score (nSPS) is 11.0.